The van der Waals surface area contributed by atoms with E-state index in [1.165, 1.54) is 12.8 Å². The Morgan fingerprint density at radius 1 is 0.871 bits per heavy atom. The van der Waals surface area contributed by atoms with Crippen LogP contribution in [0.5, 0.6) is 0 Å². The number of likely N-dealkylation sites (tertiary alicyclic amines) is 1. The zero-order valence-corrected chi connectivity index (χ0v) is 18.0. The van der Waals surface area contributed by atoms with E-state index in [0.29, 0.717) is 16.8 Å². The molecule has 0 saturated carbocycles. The molecule has 4 rings (SSSR count). The van der Waals surface area contributed by atoms with Crippen LogP contribution in [-0.4, -0.2) is 61.0 Å². The smallest absolute Gasteiger partial charge is 0.255 e. The number of carbonyl (C=O) groups excluding carboxylic acids is 2. The number of morpholine rings is 1. The maximum atomic E-state index is 13.1. The minimum atomic E-state index is -0.194. The van der Waals surface area contributed by atoms with Crippen LogP contribution in [0.3, 0.4) is 0 Å². The Morgan fingerprint density at radius 3 is 2.39 bits per heavy atom. The van der Waals surface area contributed by atoms with Crippen molar-refractivity contribution < 1.29 is 14.3 Å². The van der Waals surface area contributed by atoms with E-state index < -0.39 is 0 Å². The maximum absolute atomic E-state index is 13.1. The van der Waals surface area contributed by atoms with Crippen molar-refractivity contribution in [3.8, 4) is 0 Å². The third-order valence-corrected chi connectivity index (χ3v) is 6.00. The largest absolute Gasteiger partial charge is 0.379 e. The molecule has 6 nitrogen and oxygen atoms in total. The van der Waals surface area contributed by atoms with Gasteiger partial charge in [-0.1, -0.05) is 37.1 Å². The maximum Gasteiger partial charge on any atom is 0.255 e. The number of carbonyl (C=O) groups is 2. The summed E-state index contributed by atoms with van der Waals surface area (Å²) < 4.78 is 5.41. The minimum Gasteiger partial charge on any atom is -0.379 e. The highest BCUT2D eigenvalue weighted by atomic mass is 16.5. The fourth-order valence-corrected chi connectivity index (χ4v) is 4.25. The average molecular weight is 422 g/mol. The van der Waals surface area contributed by atoms with Gasteiger partial charge in [-0.05, 0) is 42.7 Å². The monoisotopic (exact) mass is 421 g/mol. The van der Waals surface area contributed by atoms with Crippen molar-refractivity contribution >= 4 is 17.5 Å². The van der Waals surface area contributed by atoms with Crippen molar-refractivity contribution in [3.05, 3.63) is 65.2 Å². The van der Waals surface area contributed by atoms with Gasteiger partial charge in [0.15, 0.2) is 0 Å². The fraction of sp³-hybridized carbons (Fsp3) is 0.440. The van der Waals surface area contributed by atoms with Crippen LogP contribution in [0.25, 0.3) is 0 Å². The van der Waals surface area contributed by atoms with Gasteiger partial charge < -0.3 is 15.0 Å². The summed E-state index contributed by atoms with van der Waals surface area (Å²) in [7, 11) is 0. The molecule has 2 saturated heterocycles. The molecule has 0 radical (unpaired) electrons. The van der Waals surface area contributed by atoms with E-state index in [-0.39, 0.29) is 11.8 Å². The lowest BCUT2D eigenvalue weighted by molar-refractivity contribution is 0.0342. The summed E-state index contributed by atoms with van der Waals surface area (Å²) in [4.78, 5) is 30.4. The number of nitrogens with zero attached hydrogens (tertiary/aromatic N) is 2. The summed E-state index contributed by atoms with van der Waals surface area (Å²) >= 11 is 0. The molecule has 6 heteroatoms. The van der Waals surface area contributed by atoms with Crippen LogP contribution in [0.4, 0.5) is 5.69 Å². The van der Waals surface area contributed by atoms with Gasteiger partial charge in [0.05, 0.1) is 24.5 Å². The normalized spacial score (nSPS) is 17.7. The predicted molar refractivity (Wildman–Crippen MR) is 121 cm³/mol. The molecule has 0 aliphatic carbocycles. The molecule has 2 amide bonds. The SMILES string of the molecule is O=C(Nc1ccccc1C(=O)N1CCCCCC1)c1cccc(CN2CCOCC2)c1. The molecule has 31 heavy (non-hydrogen) atoms. The Labute approximate surface area is 184 Å². The lowest BCUT2D eigenvalue weighted by Crippen LogP contribution is -2.35. The van der Waals surface area contributed by atoms with Crippen molar-refractivity contribution in [1.82, 2.24) is 9.80 Å². The number of hydrogen-bond acceptors (Lipinski definition) is 4. The summed E-state index contributed by atoms with van der Waals surface area (Å²) in [5.41, 5.74) is 2.83. The third-order valence-electron chi connectivity index (χ3n) is 6.00. The molecule has 164 valence electrons. The number of amides is 2. The van der Waals surface area contributed by atoms with Crippen molar-refractivity contribution in [2.24, 2.45) is 0 Å². The van der Waals surface area contributed by atoms with Gasteiger partial charge in [-0.3, -0.25) is 14.5 Å². The van der Waals surface area contributed by atoms with E-state index >= 15 is 0 Å². The Morgan fingerprint density at radius 2 is 1.61 bits per heavy atom. The van der Waals surface area contributed by atoms with E-state index in [1.54, 1.807) is 12.1 Å². The van der Waals surface area contributed by atoms with Crippen LogP contribution >= 0.6 is 0 Å². The lowest BCUT2D eigenvalue weighted by atomic mass is 10.1. The van der Waals surface area contributed by atoms with Crippen LogP contribution < -0.4 is 5.32 Å². The predicted octanol–water partition coefficient (Wildman–Crippen LogP) is 3.79. The second-order valence-corrected chi connectivity index (χ2v) is 8.30. The van der Waals surface area contributed by atoms with Gasteiger partial charge in [-0.25, -0.2) is 0 Å². The van der Waals surface area contributed by atoms with Gasteiger partial charge in [-0.2, -0.15) is 0 Å². The second-order valence-electron chi connectivity index (χ2n) is 8.30. The Kier molecular flexibility index (Phi) is 7.33. The zero-order chi connectivity index (χ0) is 21.5. The highest BCUT2D eigenvalue weighted by Crippen LogP contribution is 2.21. The fourth-order valence-electron chi connectivity index (χ4n) is 4.25. The topological polar surface area (TPSA) is 61.9 Å². The van der Waals surface area contributed by atoms with Gasteiger partial charge in [0.2, 0.25) is 0 Å². The first kappa shape index (κ1) is 21.5. The van der Waals surface area contributed by atoms with Crippen molar-refractivity contribution in [2.75, 3.05) is 44.7 Å². The minimum absolute atomic E-state index is 0.00105. The molecule has 0 spiro atoms. The molecule has 1 N–H and O–H groups in total. The van der Waals surface area contributed by atoms with Crippen molar-refractivity contribution in [1.29, 1.82) is 0 Å². The number of rotatable bonds is 5. The number of ether oxygens (including phenoxy) is 1. The Bertz CT molecular complexity index is 900. The van der Waals surface area contributed by atoms with Crippen LogP contribution in [0, 0.1) is 0 Å². The summed E-state index contributed by atoms with van der Waals surface area (Å²) in [6.45, 7) is 5.68. The lowest BCUT2D eigenvalue weighted by Gasteiger charge is -2.26. The first-order chi connectivity index (χ1) is 15.2. The quantitative estimate of drug-likeness (QED) is 0.798. The first-order valence-electron chi connectivity index (χ1n) is 11.3. The standard InChI is InChI=1S/C25H31N3O3/c29-24(21-9-7-8-20(18-21)19-27-14-16-31-17-15-27)26-23-11-4-3-10-22(23)25(30)28-12-5-1-2-6-13-28/h3-4,7-11,18H,1-2,5-6,12-17,19H2,(H,26,29). The van der Waals surface area contributed by atoms with Gasteiger partial charge in [0.1, 0.15) is 0 Å². The first-order valence-corrected chi connectivity index (χ1v) is 11.3. The second kappa shape index (κ2) is 10.6. The summed E-state index contributed by atoms with van der Waals surface area (Å²) in [5, 5.41) is 2.97. The van der Waals surface area contributed by atoms with E-state index in [2.05, 4.69) is 10.2 Å². The molecule has 0 bridgehead atoms. The zero-order valence-electron chi connectivity index (χ0n) is 18.0. The summed E-state index contributed by atoms with van der Waals surface area (Å²) in [5.74, 6) is -0.196. The average Bonchev–Trinajstić information content (AvgIpc) is 3.09. The van der Waals surface area contributed by atoms with E-state index in [9.17, 15) is 9.59 Å². The van der Waals surface area contributed by atoms with E-state index in [4.69, 9.17) is 4.74 Å². The summed E-state index contributed by atoms with van der Waals surface area (Å²) in [6.07, 6.45) is 4.41. The van der Waals surface area contributed by atoms with Crippen LogP contribution in [-0.2, 0) is 11.3 Å². The highest BCUT2D eigenvalue weighted by Gasteiger charge is 2.21. The molecule has 2 aliphatic heterocycles. The van der Waals surface area contributed by atoms with Crippen LogP contribution in [0.15, 0.2) is 48.5 Å². The van der Waals surface area contributed by atoms with E-state index in [0.717, 1.165) is 64.3 Å². The number of para-hydroxylation sites is 1. The molecule has 0 unspecified atom stereocenters. The number of hydrogen-bond donors (Lipinski definition) is 1. The molecule has 2 aliphatic rings. The molecule has 2 aromatic rings. The molecule has 2 heterocycles. The Balaban J connectivity index is 1.46. The highest BCUT2D eigenvalue weighted by molar-refractivity contribution is 6.09. The molecular weight excluding hydrogens is 390 g/mol. The molecule has 2 fully saturated rings. The van der Waals surface area contributed by atoms with Crippen LogP contribution in [0.2, 0.25) is 0 Å². The Hall–Kier alpha value is -2.70. The third kappa shape index (κ3) is 5.71. The molecular formula is C25H31N3O3. The number of anilines is 1. The molecule has 0 aromatic heterocycles. The van der Waals surface area contributed by atoms with Crippen molar-refractivity contribution in [2.45, 2.75) is 32.2 Å². The van der Waals surface area contributed by atoms with Crippen molar-refractivity contribution in [3.63, 3.8) is 0 Å². The number of benzene rings is 2. The number of nitrogens with one attached hydrogen (secondary N) is 1. The van der Waals surface area contributed by atoms with Crippen LogP contribution in [0.1, 0.15) is 52.0 Å². The molecule has 2 aromatic carbocycles. The van der Waals surface area contributed by atoms with Gasteiger partial charge in [-0.15, -0.1) is 0 Å². The van der Waals surface area contributed by atoms with Gasteiger partial charge >= 0.3 is 0 Å². The van der Waals surface area contributed by atoms with Gasteiger partial charge in [0, 0.05) is 38.3 Å². The van der Waals surface area contributed by atoms with E-state index in [1.807, 2.05) is 41.3 Å². The van der Waals surface area contributed by atoms with Gasteiger partial charge in [0.25, 0.3) is 11.8 Å². The molecule has 0 atom stereocenters. The summed E-state index contributed by atoms with van der Waals surface area (Å²) in [6, 6.07) is 15.0.